The second-order valence-electron chi connectivity index (χ2n) is 5.61. The molecular weight excluding hydrogens is 256 g/mol. The Bertz CT molecular complexity index is 492. The first-order chi connectivity index (χ1) is 9.47. The van der Waals surface area contributed by atoms with Gasteiger partial charge in [0.2, 0.25) is 0 Å². The summed E-state index contributed by atoms with van der Waals surface area (Å²) in [5, 5.41) is 2.87. The van der Waals surface area contributed by atoms with Crippen LogP contribution in [0.1, 0.15) is 55.3 Å². The van der Waals surface area contributed by atoms with Gasteiger partial charge in [-0.1, -0.05) is 13.8 Å². The molecule has 1 aromatic heterocycles. The Morgan fingerprint density at radius 3 is 2.75 bits per heavy atom. The molecule has 0 bridgehead atoms. The van der Waals surface area contributed by atoms with Gasteiger partial charge in [-0.2, -0.15) is 0 Å². The van der Waals surface area contributed by atoms with Crippen LogP contribution in [0.25, 0.3) is 0 Å². The standard InChI is InChI=1S/C14H22N4O2/c1-9(2)12-16-7-10(15)11(18-12)13(19)17-8-14(20-3)5-4-6-14/h7,9H,4-6,8,15H2,1-3H3,(H,17,19). The molecule has 1 saturated carbocycles. The van der Waals surface area contributed by atoms with Crippen molar-refractivity contribution in [2.75, 3.05) is 19.4 Å². The summed E-state index contributed by atoms with van der Waals surface area (Å²) in [6.07, 6.45) is 4.57. The fourth-order valence-corrected chi connectivity index (χ4v) is 2.21. The Morgan fingerprint density at radius 1 is 1.55 bits per heavy atom. The minimum atomic E-state index is -0.268. The molecule has 3 N–H and O–H groups in total. The van der Waals surface area contributed by atoms with Crippen LogP contribution in [0, 0.1) is 0 Å². The number of nitrogen functional groups attached to an aromatic ring is 1. The number of nitrogens with zero attached hydrogens (tertiary/aromatic N) is 2. The van der Waals surface area contributed by atoms with Gasteiger partial charge in [-0.15, -0.1) is 0 Å². The van der Waals surface area contributed by atoms with E-state index in [9.17, 15) is 4.79 Å². The largest absolute Gasteiger partial charge is 0.396 e. The Kier molecular flexibility index (Phi) is 4.23. The number of methoxy groups -OCH3 is 1. The zero-order valence-electron chi connectivity index (χ0n) is 12.3. The molecule has 1 amide bonds. The van der Waals surface area contributed by atoms with Crippen LogP contribution in [-0.2, 0) is 4.74 Å². The van der Waals surface area contributed by atoms with Gasteiger partial charge in [-0.05, 0) is 19.3 Å². The van der Waals surface area contributed by atoms with Crippen molar-refractivity contribution in [3.63, 3.8) is 0 Å². The number of nitrogens with one attached hydrogen (secondary N) is 1. The van der Waals surface area contributed by atoms with Crippen LogP contribution in [0.2, 0.25) is 0 Å². The van der Waals surface area contributed by atoms with Gasteiger partial charge in [0.25, 0.3) is 5.91 Å². The lowest BCUT2D eigenvalue weighted by molar-refractivity contribution is -0.0679. The molecule has 0 atom stereocenters. The molecule has 1 aromatic rings. The molecule has 6 heteroatoms. The number of rotatable bonds is 5. The van der Waals surface area contributed by atoms with Crippen molar-refractivity contribution in [2.45, 2.75) is 44.6 Å². The van der Waals surface area contributed by atoms with Crippen molar-refractivity contribution in [2.24, 2.45) is 0 Å². The van der Waals surface area contributed by atoms with Crippen LogP contribution < -0.4 is 11.1 Å². The lowest BCUT2D eigenvalue weighted by atomic mass is 9.80. The molecule has 0 saturated heterocycles. The topological polar surface area (TPSA) is 90.1 Å². The Labute approximate surface area is 119 Å². The molecule has 6 nitrogen and oxygen atoms in total. The summed E-state index contributed by atoms with van der Waals surface area (Å²) in [7, 11) is 1.68. The molecule has 0 aliphatic heterocycles. The van der Waals surface area contributed by atoms with Crippen molar-refractivity contribution in [1.29, 1.82) is 0 Å². The number of hydrogen-bond donors (Lipinski definition) is 2. The van der Waals surface area contributed by atoms with Gasteiger partial charge in [0.05, 0.1) is 17.5 Å². The molecule has 1 aliphatic rings. The molecule has 0 aromatic carbocycles. The molecule has 1 aliphatic carbocycles. The summed E-state index contributed by atoms with van der Waals surface area (Å²) in [4.78, 5) is 20.6. The number of nitrogens with two attached hydrogens (primary N) is 1. The van der Waals surface area contributed by atoms with E-state index in [-0.39, 0.29) is 23.1 Å². The molecule has 2 rings (SSSR count). The predicted molar refractivity (Wildman–Crippen MR) is 76.5 cm³/mol. The van der Waals surface area contributed by atoms with Gasteiger partial charge in [0, 0.05) is 19.6 Å². The van der Waals surface area contributed by atoms with E-state index < -0.39 is 0 Å². The van der Waals surface area contributed by atoms with Crippen molar-refractivity contribution in [3.8, 4) is 0 Å². The summed E-state index contributed by atoms with van der Waals surface area (Å²) in [5.74, 6) is 0.503. The summed E-state index contributed by atoms with van der Waals surface area (Å²) < 4.78 is 5.47. The van der Waals surface area contributed by atoms with E-state index in [0.717, 1.165) is 19.3 Å². The Balaban J connectivity index is 2.07. The quantitative estimate of drug-likeness (QED) is 0.851. The SMILES string of the molecule is COC1(CNC(=O)c2nc(C(C)C)ncc2N)CCC1. The second-order valence-corrected chi connectivity index (χ2v) is 5.61. The van der Waals surface area contributed by atoms with Crippen LogP contribution in [0.15, 0.2) is 6.20 Å². The number of ether oxygens (including phenoxy) is 1. The van der Waals surface area contributed by atoms with E-state index in [4.69, 9.17) is 10.5 Å². The lowest BCUT2D eigenvalue weighted by Gasteiger charge is -2.40. The fraction of sp³-hybridized carbons (Fsp3) is 0.643. The van der Waals surface area contributed by atoms with E-state index in [1.165, 1.54) is 6.20 Å². The average molecular weight is 278 g/mol. The van der Waals surface area contributed by atoms with Crippen molar-refractivity contribution < 1.29 is 9.53 Å². The minimum absolute atomic E-state index is 0.152. The smallest absolute Gasteiger partial charge is 0.272 e. The van der Waals surface area contributed by atoms with Crippen molar-refractivity contribution in [1.82, 2.24) is 15.3 Å². The van der Waals surface area contributed by atoms with E-state index >= 15 is 0 Å². The first-order valence-electron chi connectivity index (χ1n) is 6.93. The first kappa shape index (κ1) is 14.7. The summed E-state index contributed by atoms with van der Waals surface area (Å²) >= 11 is 0. The second kappa shape index (κ2) is 5.75. The van der Waals surface area contributed by atoms with E-state index in [2.05, 4.69) is 15.3 Å². The minimum Gasteiger partial charge on any atom is -0.396 e. The van der Waals surface area contributed by atoms with Gasteiger partial charge in [0.1, 0.15) is 5.82 Å². The number of anilines is 1. The molecule has 1 fully saturated rings. The number of amides is 1. The van der Waals surface area contributed by atoms with Gasteiger partial charge >= 0.3 is 0 Å². The summed E-state index contributed by atoms with van der Waals surface area (Å²) in [6.45, 7) is 4.44. The highest BCUT2D eigenvalue weighted by Gasteiger charge is 2.37. The maximum absolute atomic E-state index is 12.2. The van der Waals surface area contributed by atoms with Crippen molar-refractivity contribution in [3.05, 3.63) is 17.7 Å². The average Bonchev–Trinajstić information content (AvgIpc) is 2.38. The molecule has 0 spiro atoms. The molecule has 20 heavy (non-hydrogen) atoms. The van der Waals surface area contributed by atoms with Crippen LogP contribution in [0.4, 0.5) is 5.69 Å². The van der Waals surface area contributed by atoms with Crippen LogP contribution in [0.3, 0.4) is 0 Å². The maximum Gasteiger partial charge on any atom is 0.272 e. The molecular formula is C14H22N4O2. The highest BCUT2D eigenvalue weighted by molar-refractivity contribution is 5.96. The zero-order valence-corrected chi connectivity index (χ0v) is 12.3. The molecule has 0 unspecified atom stereocenters. The third-order valence-corrected chi connectivity index (χ3v) is 3.84. The van der Waals surface area contributed by atoms with E-state index in [1.54, 1.807) is 7.11 Å². The summed E-state index contributed by atoms with van der Waals surface area (Å²) in [5.41, 5.74) is 6.12. The fourth-order valence-electron chi connectivity index (χ4n) is 2.21. The molecule has 110 valence electrons. The maximum atomic E-state index is 12.2. The third kappa shape index (κ3) is 2.90. The van der Waals surface area contributed by atoms with Gasteiger partial charge in [0.15, 0.2) is 5.69 Å². The van der Waals surface area contributed by atoms with Gasteiger partial charge in [-0.25, -0.2) is 9.97 Å². The normalized spacial score (nSPS) is 16.8. The Hall–Kier alpha value is -1.69. The highest BCUT2D eigenvalue weighted by atomic mass is 16.5. The molecule has 0 radical (unpaired) electrons. The highest BCUT2D eigenvalue weighted by Crippen LogP contribution is 2.34. The third-order valence-electron chi connectivity index (χ3n) is 3.84. The number of hydrogen-bond acceptors (Lipinski definition) is 5. The Morgan fingerprint density at radius 2 is 2.25 bits per heavy atom. The lowest BCUT2D eigenvalue weighted by Crippen LogP contribution is -2.49. The van der Waals surface area contributed by atoms with Crippen LogP contribution in [0.5, 0.6) is 0 Å². The number of carbonyl (C=O) groups excluding carboxylic acids is 1. The van der Waals surface area contributed by atoms with Gasteiger partial charge < -0.3 is 15.8 Å². The van der Waals surface area contributed by atoms with Gasteiger partial charge in [-0.3, -0.25) is 4.79 Å². The zero-order chi connectivity index (χ0) is 14.8. The summed E-state index contributed by atoms with van der Waals surface area (Å²) in [6, 6.07) is 0. The number of carbonyl (C=O) groups is 1. The first-order valence-corrected chi connectivity index (χ1v) is 6.93. The van der Waals surface area contributed by atoms with Crippen LogP contribution >= 0.6 is 0 Å². The van der Waals surface area contributed by atoms with Crippen molar-refractivity contribution >= 4 is 11.6 Å². The van der Waals surface area contributed by atoms with E-state index in [1.807, 2.05) is 13.8 Å². The number of aromatic nitrogens is 2. The monoisotopic (exact) mass is 278 g/mol. The molecule has 1 heterocycles. The predicted octanol–water partition coefficient (Wildman–Crippen LogP) is 1.48. The van der Waals surface area contributed by atoms with Crippen LogP contribution in [-0.4, -0.2) is 35.1 Å². The van der Waals surface area contributed by atoms with E-state index in [0.29, 0.717) is 18.1 Å².